The number of carbonyl (C=O) groups excluding carboxylic acids is 2. The molecule has 1 saturated heterocycles. The summed E-state index contributed by atoms with van der Waals surface area (Å²) < 4.78 is 4.89. The molecule has 148 valence electrons. The summed E-state index contributed by atoms with van der Waals surface area (Å²) in [7, 11) is 0. The Hall–Kier alpha value is -3.28. The smallest absolute Gasteiger partial charge is 0.338 e. The summed E-state index contributed by atoms with van der Waals surface area (Å²) in [5.41, 5.74) is 0.0703. The van der Waals surface area contributed by atoms with Crippen molar-refractivity contribution in [1.29, 1.82) is 10.7 Å². The number of ether oxygens (including phenoxy) is 1. The number of anilines is 1. The van der Waals surface area contributed by atoms with Crippen LogP contribution in [-0.2, 0) is 9.53 Å². The standard InChI is InChI=1S/C19H22N4O5/c1-12-4-3-7-22(10-12)16-6-5-14(8-17(16)23(26)27)19(25)28-11-18(24)15(9-20)13(2)21/h5-6,8,12,15,21H,3-4,7,10-11H2,1-2H3/t12-,15+/m0/s1. The molecule has 0 spiro atoms. The third kappa shape index (κ3) is 4.91. The second-order valence-electron chi connectivity index (χ2n) is 6.94. The maximum Gasteiger partial charge on any atom is 0.338 e. The zero-order chi connectivity index (χ0) is 20.8. The molecule has 1 heterocycles. The van der Waals surface area contributed by atoms with Gasteiger partial charge in [0, 0.05) is 24.9 Å². The number of nitro groups is 1. The van der Waals surface area contributed by atoms with E-state index >= 15 is 0 Å². The molecular formula is C19H22N4O5. The number of rotatable bonds is 7. The molecule has 1 N–H and O–H groups in total. The molecule has 1 aromatic carbocycles. The predicted molar refractivity (Wildman–Crippen MR) is 102 cm³/mol. The Kier molecular flexibility index (Phi) is 6.82. The first-order chi connectivity index (χ1) is 13.2. The number of hydrogen-bond donors (Lipinski definition) is 1. The summed E-state index contributed by atoms with van der Waals surface area (Å²) in [6.45, 7) is 4.15. The Labute approximate surface area is 162 Å². The molecule has 1 fully saturated rings. The molecule has 9 nitrogen and oxygen atoms in total. The number of Topliss-reactive ketones (excluding diaryl/α,β-unsaturated/α-hetero) is 1. The van der Waals surface area contributed by atoms with Gasteiger partial charge in [-0.05, 0) is 37.8 Å². The number of nitro benzene ring substituents is 1. The van der Waals surface area contributed by atoms with Gasteiger partial charge in [-0.25, -0.2) is 4.79 Å². The first kappa shape index (κ1) is 21.0. The maximum absolute atomic E-state index is 12.2. The van der Waals surface area contributed by atoms with E-state index in [0.29, 0.717) is 24.7 Å². The fraction of sp³-hybridized carbons (Fsp3) is 0.474. The minimum Gasteiger partial charge on any atom is -0.454 e. The van der Waals surface area contributed by atoms with E-state index in [1.807, 2.05) is 4.90 Å². The monoisotopic (exact) mass is 386 g/mol. The third-order valence-corrected chi connectivity index (χ3v) is 4.64. The number of piperidine rings is 1. The van der Waals surface area contributed by atoms with Gasteiger partial charge in [-0.1, -0.05) is 6.92 Å². The average molecular weight is 386 g/mol. The fourth-order valence-electron chi connectivity index (χ4n) is 3.19. The van der Waals surface area contributed by atoms with Gasteiger partial charge in [-0.2, -0.15) is 5.26 Å². The summed E-state index contributed by atoms with van der Waals surface area (Å²) in [5, 5.41) is 27.8. The summed E-state index contributed by atoms with van der Waals surface area (Å²) >= 11 is 0. The van der Waals surface area contributed by atoms with Crippen molar-refractivity contribution in [3.8, 4) is 6.07 Å². The Balaban J connectivity index is 2.15. The van der Waals surface area contributed by atoms with E-state index in [0.717, 1.165) is 18.9 Å². The highest BCUT2D eigenvalue weighted by molar-refractivity contribution is 6.06. The summed E-state index contributed by atoms with van der Waals surface area (Å²) in [4.78, 5) is 37.0. The number of carbonyl (C=O) groups is 2. The maximum atomic E-state index is 12.2. The highest BCUT2D eigenvalue weighted by Gasteiger charge is 2.26. The number of ketones is 1. The van der Waals surface area contributed by atoms with Crippen molar-refractivity contribution in [2.45, 2.75) is 26.7 Å². The molecule has 0 bridgehead atoms. The van der Waals surface area contributed by atoms with Crippen molar-refractivity contribution in [3.63, 3.8) is 0 Å². The molecule has 0 aromatic heterocycles. The van der Waals surface area contributed by atoms with E-state index in [-0.39, 0.29) is 17.0 Å². The molecule has 1 aliphatic heterocycles. The molecule has 9 heteroatoms. The highest BCUT2D eigenvalue weighted by Crippen LogP contribution is 2.32. The predicted octanol–water partition coefficient (Wildman–Crippen LogP) is 2.74. The van der Waals surface area contributed by atoms with Crippen molar-refractivity contribution in [2.75, 3.05) is 24.6 Å². The van der Waals surface area contributed by atoms with Crippen molar-refractivity contribution in [2.24, 2.45) is 11.8 Å². The van der Waals surface area contributed by atoms with Gasteiger partial charge >= 0.3 is 5.97 Å². The van der Waals surface area contributed by atoms with Crippen LogP contribution in [0.15, 0.2) is 18.2 Å². The number of nitriles is 1. The summed E-state index contributed by atoms with van der Waals surface area (Å²) in [6, 6.07) is 5.77. The highest BCUT2D eigenvalue weighted by atomic mass is 16.6. The van der Waals surface area contributed by atoms with Crippen LogP contribution in [0.5, 0.6) is 0 Å². The van der Waals surface area contributed by atoms with Gasteiger partial charge in [-0.3, -0.25) is 14.9 Å². The number of nitrogens with zero attached hydrogens (tertiary/aromatic N) is 3. The van der Waals surface area contributed by atoms with Crippen LogP contribution in [0.25, 0.3) is 0 Å². The molecule has 2 atom stereocenters. The Morgan fingerprint density at radius 3 is 2.79 bits per heavy atom. The van der Waals surface area contributed by atoms with Crippen LogP contribution >= 0.6 is 0 Å². The van der Waals surface area contributed by atoms with Crippen molar-refractivity contribution in [1.82, 2.24) is 0 Å². The molecule has 28 heavy (non-hydrogen) atoms. The lowest BCUT2D eigenvalue weighted by Crippen LogP contribution is -2.34. The Morgan fingerprint density at radius 1 is 1.50 bits per heavy atom. The molecule has 0 unspecified atom stereocenters. The molecular weight excluding hydrogens is 364 g/mol. The second-order valence-corrected chi connectivity index (χ2v) is 6.94. The second kappa shape index (κ2) is 9.08. The van der Waals surface area contributed by atoms with E-state index in [9.17, 15) is 19.7 Å². The molecule has 0 aliphatic carbocycles. The van der Waals surface area contributed by atoms with Crippen LogP contribution in [0, 0.1) is 38.7 Å². The molecule has 0 amide bonds. The number of esters is 1. The van der Waals surface area contributed by atoms with Crippen molar-refractivity contribution >= 4 is 28.8 Å². The quantitative estimate of drug-likeness (QED) is 0.329. The molecule has 0 saturated carbocycles. The number of benzene rings is 1. The molecule has 1 aromatic rings. The van der Waals surface area contributed by atoms with E-state index in [1.54, 1.807) is 6.07 Å². The van der Waals surface area contributed by atoms with Gasteiger partial charge < -0.3 is 15.0 Å². The van der Waals surface area contributed by atoms with Gasteiger partial charge in [0.25, 0.3) is 5.69 Å². The van der Waals surface area contributed by atoms with Crippen LogP contribution in [0.4, 0.5) is 11.4 Å². The SMILES string of the molecule is CC(=N)[C@@H](C#N)C(=O)COC(=O)c1ccc(N2CCC[C@H](C)C2)c([N+](=O)[O-])c1. The van der Waals surface area contributed by atoms with E-state index < -0.39 is 29.2 Å². The average Bonchev–Trinajstić information content (AvgIpc) is 2.65. The van der Waals surface area contributed by atoms with Crippen LogP contribution in [0.3, 0.4) is 0 Å². The third-order valence-electron chi connectivity index (χ3n) is 4.64. The largest absolute Gasteiger partial charge is 0.454 e. The van der Waals surface area contributed by atoms with Crippen LogP contribution in [0.2, 0.25) is 0 Å². The Bertz CT molecular complexity index is 845. The van der Waals surface area contributed by atoms with Crippen molar-refractivity contribution in [3.05, 3.63) is 33.9 Å². The van der Waals surface area contributed by atoms with Crippen LogP contribution in [-0.4, -0.2) is 42.1 Å². The molecule has 1 aliphatic rings. The van der Waals surface area contributed by atoms with Gasteiger partial charge in [-0.15, -0.1) is 0 Å². The van der Waals surface area contributed by atoms with Gasteiger partial charge in [0.05, 0.1) is 16.6 Å². The molecule has 2 rings (SSSR count). The van der Waals surface area contributed by atoms with Gasteiger partial charge in [0.15, 0.2) is 12.4 Å². The van der Waals surface area contributed by atoms with Gasteiger partial charge in [0.1, 0.15) is 11.6 Å². The first-order valence-corrected chi connectivity index (χ1v) is 8.92. The minimum atomic E-state index is -1.27. The molecule has 0 radical (unpaired) electrons. The number of nitrogens with one attached hydrogen (secondary N) is 1. The lowest BCUT2D eigenvalue weighted by molar-refractivity contribution is -0.384. The zero-order valence-corrected chi connectivity index (χ0v) is 15.8. The Morgan fingerprint density at radius 2 is 2.21 bits per heavy atom. The number of hydrogen-bond acceptors (Lipinski definition) is 8. The minimum absolute atomic E-state index is 0.0478. The van der Waals surface area contributed by atoms with Crippen molar-refractivity contribution < 1.29 is 19.2 Å². The topological polar surface area (TPSA) is 137 Å². The normalized spacial score (nSPS) is 17.3. The van der Waals surface area contributed by atoms with E-state index in [2.05, 4.69) is 6.92 Å². The summed E-state index contributed by atoms with van der Waals surface area (Å²) in [5.74, 6) is -2.45. The van der Waals surface area contributed by atoms with E-state index in [4.69, 9.17) is 15.4 Å². The lowest BCUT2D eigenvalue weighted by atomic mass is 9.99. The van der Waals surface area contributed by atoms with Gasteiger partial charge in [0.2, 0.25) is 0 Å². The fourth-order valence-corrected chi connectivity index (χ4v) is 3.19. The lowest BCUT2D eigenvalue weighted by Gasteiger charge is -2.32. The summed E-state index contributed by atoms with van der Waals surface area (Å²) in [6.07, 6.45) is 2.01. The van der Waals surface area contributed by atoms with Crippen LogP contribution < -0.4 is 4.90 Å². The zero-order valence-electron chi connectivity index (χ0n) is 15.8. The van der Waals surface area contributed by atoms with Crippen LogP contribution in [0.1, 0.15) is 37.0 Å². The van der Waals surface area contributed by atoms with E-state index in [1.165, 1.54) is 19.1 Å². The first-order valence-electron chi connectivity index (χ1n) is 8.92.